The summed E-state index contributed by atoms with van der Waals surface area (Å²) >= 11 is 1.45. The molecule has 150 valence electrons. The number of aromatic nitrogens is 1. The normalized spacial score (nSPS) is 19.1. The topological polar surface area (TPSA) is 65.5 Å². The lowest BCUT2D eigenvalue weighted by atomic mass is 9.99. The van der Waals surface area contributed by atoms with E-state index in [9.17, 15) is 9.59 Å². The average Bonchev–Trinajstić information content (AvgIpc) is 3.09. The lowest BCUT2D eigenvalue weighted by molar-refractivity contribution is -0.132. The van der Waals surface area contributed by atoms with Crippen LogP contribution >= 0.6 is 11.3 Å². The molecule has 0 radical (unpaired) electrons. The van der Waals surface area contributed by atoms with Crippen LogP contribution in [0.3, 0.4) is 0 Å². The van der Waals surface area contributed by atoms with E-state index < -0.39 is 0 Å². The zero-order valence-corrected chi connectivity index (χ0v) is 17.3. The number of nitrogens with zero attached hydrogens (tertiary/aromatic N) is 3. The van der Waals surface area contributed by atoms with Gasteiger partial charge in [-0.3, -0.25) is 9.59 Å². The van der Waals surface area contributed by atoms with E-state index in [1.807, 2.05) is 23.1 Å². The molecule has 2 aliphatic heterocycles. The second-order valence-electron chi connectivity index (χ2n) is 7.89. The predicted molar refractivity (Wildman–Crippen MR) is 113 cm³/mol. The lowest BCUT2D eigenvalue weighted by Crippen LogP contribution is -2.48. The second kappa shape index (κ2) is 8.57. The van der Waals surface area contributed by atoms with Gasteiger partial charge in [0.1, 0.15) is 0 Å². The van der Waals surface area contributed by atoms with Gasteiger partial charge in [0.2, 0.25) is 11.8 Å². The molecule has 2 aliphatic rings. The number of carbonyl (C=O) groups excluding carboxylic acids is 2. The Morgan fingerprint density at radius 2 is 1.89 bits per heavy atom. The smallest absolute Gasteiger partial charge is 0.226 e. The number of thiazole rings is 1. The Bertz CT molecular complexity index is 851. The highest BCUT2D eigenvalue weighted by Crippen LogP contribution is 2.27. The van der Waals surface area contributed by atoms with Crippen LogP contribution in [0.2, 0.25) is 0 Å². The van der Waals surface area contributed by atoms with Gasteiger partial charge in [0, 0.05) is 26.1 Å². The minimum atomic E-state index is -0.123. The lowest BCUT2D eigenvalue weighted by Gasteiger charge is -2.40. The van der Waals surface area contributed by atoms with Gasteiger partial charge < -0.3 is 15.1 Å². The highest BCUT2D eigenvalue weighted by atomic mass is 32.1. The zero-order chi connectivity index (χ0) is 19.5. The highest BCUT2D eigenvalue weighted by molar-refractivity contribution is 7.22. The van der Waals surface area contributed by atoms with Crippen LogP contribution in [0.4, 0.5) is 5.13 Å². The minimum Gasteiger partial charge on any atom is -0.342 e. The largest absolute Gasteiger partial charge is 0.342 e. The number of fused-ring (bicyclic) bond motifs is 1. The number of benzene rings is 1. The number of piperidine rings is 2. The molecule has 6 nitrogen and oxygen atoms in total. The van der Waals surface area contributed by atoms with E-state index in [1.165, 1.54) is 50.6 Å². The van der Waals surface area contributed by atoms with Gasteiger partial charge in [-0.2, -0.15) is 0 Å². The molecule has 28 heavy (non-hydrogen) atoms. The first-order valence-corrected chi connectivity index (χ1v) is 11.1. The molecule has 0 aliphatic carbocycles. The first kappa shape index (κ1) is 19.3. The summed E-state index contributed by atoms with van der Waals surface area (Å²) in [5.41, 5.74) is 1.86. The number of hydrogen-bond acceptors (Lipinski definition) is 5. The van der Waals surface area contributed by atoms with Crippen molar-refractivity contribution in [1.82, 2.24) is 14.8 Å². The molecule has 4 rings (SSSR count). The highest BCUT2D eigenvalue weighted by Gasteiger charge is 2.27. The van der Waals surface area contributed by atoms with Crippen molar-refractivity contribution in [1.29, 1.82) is 0 Å². The third-order valence-corrected chi connectivity index (χ3v) is 6.75. The average molecular weight is 401 g/mol. The van der Waals surface area contributed by atoms with Gasteiger partial charge in [0.25, 0.3) is 0 Å². The van der Waals surface area contributed by atoms with Crippen molar-refractivity contribution in [2.45, 2.75) is 51.5 Å². The summed E-state index contributed by atoms with van der Waals surface area (Å²) in [5, 5.41) is 3.33. The first-order valence-electron chi connectivity index (χ1n) is 10.3. The van der Waals surface area contributed by atoms with Crippen molar-refractivity contribution in [3.05, 3.63) is 23.8 Å². The van der Waals surface area contributed by atoms with Gasteiger partial charge in [0.05, 0.1) is 16.6 Å². The van der Waals surface area contributed by atoms with Crippen molar-refractivity contribution >= 4 is 38.5 Å². The van der Waals surface area contributed by atoms with Gasteiger partial charge >= 0.3 is 0 Å². The molecule has 1 aromatic carbocycles. The third kappa shape index (κ3) is 4.52. The number of anilines is 1. The molecular formula is C21H28N4O2S. The van der Waals surface area contributed by atoms with Crippen molar-refractivity contribution in [3.63, 3.8) is 0 Å². The second-order valence-corrected chi connectivity index (χ2v) is 8.92. The molecule has 1 N–H and O–H groups in total. The maximum Gasteiger partial charge on any atom is 0.226 e. The van der Waals surface area contributed by atoms with Gasteiger partial charge in [-0.25, -0.2) is 4.98 Å². The van der Waals surface area contributed by atoms with Crippen LogP contribution in [0.5, 0.6) is 0 Å². The van der Waals surface area contributed by atoms with Crippen LogP contribution in [0.15, 0.2) is 18.2 Å². The van der Waals surface area contributed by atoms with Gasteiger partial charge in [-0.1, -0.05) is 23.8 Å². The maximum absolute atomic E-state index is 12.8. The van der Waals surface area contributed by atoms with E-state index in [1.54, 1.807) is 0 Å². The first-order chi connectivity index (χ1) is 13.6. The molecule has 2 amide bonds. The Labute approximate surface area is 169 Å². The number of carbonyl (C=O) groups is 2. The molecule has 0 atom stereocenters. The molecular weight excluding hydrogens is 372 g/mol. The standard InChI is InChI=1S/C21H28N4O2S/c1-15(26)22-21-23-18-6-5-16(13-19(18)28-21)14-20(27)25-11-7-17(8-12-25)24-9-3-2-4-10-24/h5-6,13,17H,2-4,7-12,14H2,1H3,(H,22,23,26). The molecule has 2 fully saturated rings. The molecule has 0 spiro atoms. The van der Waals surface area contributed by atoms with Crippen LogP contribution in [0.1, 0.15) is 44.6 Å². The van der Waals surface area contributed by atoms with Crippen LogP contribution < -0.4 is 5.32 Å². The summed E-state index contributed by atoms with van der Waals surface area (Å²) < 4.78 is 0.998. The number of nitrogens with one attached hydrogen (secondary N) is 1. The van der Waals surface area contributed by atoms with Gasteiger partial charge in [-0.15, -0.1) is 0 Å². The molecule has 0 saturated carbocycles. The molecule has 0 bridgehead atoms. The Morgan fingerprint density at radius 1 is 1.14 bits per heavy atom. The van der Waals surface area contributed by atoms with E-state index in [2.05, 4.69) is 15.2 Å². The maximum atomic E-state index is 12.8. The SMILES string of the molecule is CC(=O)Nc1nc2ccc(CC(=O)N3CCC(N4CCCCC4)CC3)cc2s1. The van der Waals surface area contributed by atoms with Crippen molar-refractivity contribution < 1.29 is 9.59 Å². The monoisotopic (exact) mass is 400 g/mol. The fourth-order valence-corrected chi connectivity index (χ4v) is 5.31. The number of likely N-dealkylation sites (tertiary alicyclic amines) is 2. The summed E-state index contributed by atoms with van der Waals surface area (Å²) in [6, 6.07) is 6.59. The number of rotatable bonds is 4. The van der Waals surface area contributed by atoms with Crippen LogP contribution in [-0.2, 0) is 16.0 Å². The van der Waals surface area contributed by atoms with Gasteiger partial charge in [-0.05, 0) is 56.5 Å². The Hall–Kier alpha value is -1.99. The van der Waals surface area contributed by atoms with Crippen LogP contribution in [0, 0.1) is 0 Å². The van der Waals surface area contributed by atoms with E-state index in [0.717, 1.165) is 41.7 Å². The Kier molecular flexibility index (Phi) is 5.92. The van der Waals surface area contributed by atoms with E-state index in [-0.39, 0.29) is 11.8 Å². The molecule has 7 heteroatoms. The summed E-state index contributed by atoms with van der Waals surface area (Å²) in [4.78, 5) is 33.0. The molecule has 3 heterocycles. The molecule has 2 aromatic rings. The quantitative estimate of drug-likeness (QED) is 0.855. The van der Waals surface area contributed by atoms with E-state index in [4.69, 9.17) is 0 Å². The number of hydrogen-bond donors (Lipinski definition) is 1. The van der Waals surface area contributed by atoms with Crippen molar-refractivity contribution in [3.8, 4) is 0 Å². The summed E-state index contributed by atoms with van der Waals surface area (Å²) in [6.45, 7) is 5.68. The fourth-order valence-electron chi connectivity index (χ4n) is 4.33. The molecule has 2 saturated heterocycles. The Balaban J connectivity index is 1.34. The predicted octanol–water partition coefficient (Wildman–Crippen LogP) is 3.27. The number of amides is 2. The van der Waals surface area contributed by atoms with Gasteiger partial charge in [0.15, 0.2) is 5.13 Å². The third-order valence-electron chi connectivity index (χ3n) is 5.82. The Morgan fingerprint density at radius 3 is 2.61 bits per heavy atom. The fraction of sp³-hybridized carbons (Fsp3) is 0.571. The summed E-state index contributed by atoms with van der Waals surface area (Å²) in [6.07, 6.45) is 6.63. The van der Waals surface area contributed by atoms with E-state index in [0.29, 0.717) is 17.6 Å². The summed E-state index contributed by atoms with van der Waals surface area (Å²) in [7, 11) is 0. The van der Waals surface area contributed by atoms with Crippen LogP contribution in [-0.4, -0.2) is 58.8 Å². The molecule has 0 unspecified atom stereocenters. The molecule has 1 aromatic heterocycles. The van der Waals surface area contributed by atoms with Crippen molar-refractivity contribution in [2.24, 2.45) is 0 Å². The van der Waals surface area contributed by atoms with Crippen molar-refractivity contribution in [2.75, 3.05) is 31.5 Å². The van der Waals surface area contributed by atoms with E-state index >= 15 is 0 Å². The van der Waals surface area contributed by atoms with Crippen LogP contribution in [0.25, 0.3) is 10.2 Å². The summed E-state index contributed by atoms with van der Waals surface area (Å²) in [5.74, 6) is 0.0884. The minimum absolute atomic E-state index is 0.123. The zero-order valence-electron chi connectivity index (χ0n) is 16.4.